The third-order valence-corrected chi connectivity index (χ3v) is 6.84. The number of hydrogen-bond acceptors (Lipinski definition) is 5. The Morgan fingerprint density at radius 3 is 2.63 bits per heavy atom. The molecule has 7 nitrogen and oxygen atoms in total. The molecule has 4 rings (SSSR count). The van der Waals surface area contributed by atoms with Crippen LogP contribution in [0.25, 0.3) is 10.9 Å². The second kappa shape index (κ2) is 11.4. The maximum atomic E-state index is 14.6. The molecule has 3 aromatic rings. The van der Waals surface area contributed by atoms with Gasteiger partial charge < -0.3 is 24.8 Å². The van der Waals surface area contributed by atoms with E-state index in [1.54, 1.807) is 28.8 Å². The molecule has 0 spiro atoms. The highest BCUT2D eigenvalue weighted by molar-refractivity contribution is 6.30. The number of methoxy groups -OCH3 is 1. The first-order chi connectivity index (χ1) is 16.3. The van der Waals surface area contributed by atoms with Gasteiger partial charge in [-0.15, -0.1) is 12.4 Å². The van der Waals surface area contributed by atoms with Gasteiger partial charge in [-0.05, 0) is 55.1 Å². The molecule has 2 heterocycles. The molecule has 0 radical (unpaired) electrons. The van der Waals surface area contributed by atoms with Crippen molar-refractivity contribution in [3.63, 3.8) is 0 Å². The van der Waals surface area contributed by atoms with Crippen molar-refractivity contribution >= 4 is 40.9 Å². The van der Waals surface area contributed by atoms with Crippen molar-refractivity contribution in [1.82, 2.24) is 9.88 Å². The highest BCUT2D eigenvalue weighted by Gasteiger charge is 2.27. The number of benzene rings is 2. The van der Waals surface area contributed by atoms with Gasteiger partial charge in [-0.3, -0.25) is 4.79 Å². The van der Waals surface area contributed by atoms with Crippen LogP contribution >= 0.6 is 24.0 Å². The first kappa shape index (κ1) is 26.9. The van der Waals surface area contributed by atoms with Gasteiger partial charge in [-0.1, -0.05) is 23.7 Å². The minimum Gasteiger partial charge on any atom is -0.496 e. The van der Waals surface area contributed by atoms with Gasteiger partial charge in [-0.2, -0.15) is 0 Å². The molecule has 1 aliphatic rings. The number of fused-ring (bicyclic) bond motifs is 1. The van der Waals surface area contributed by atoms with Gasteiger partial charge >= 0.3 is 5.97 Å². The Balaban J connectivity index is 0.00000342. The van der Waals surface area contributed by atoms with E-state index in [1.165, 1.54) is 19.4 Å². The molecular weight excluding hydrogens is 498 g/mol. The normalized spacial score (nSPS) is 15.0. The van der Waals surface area contributed by atoms with E-state index >= 15 is 0 Å². The molecule has 10 heteroatoms. The molecular formula is C25H27Cl2FN2O5. The van der Waals surface area contributed by atoms with Gasteiger partial charge in [0.15, 0.2) is 0 Å². The Kier molecular flexibility index (Phi) is 8.77. The Bertz CT molecular complexity index is 1290. The molecule has 0 amide bonds. The summed E-state index contributed by atoms with van der Waals surface area (Å²) in [5, 5.41) is 23.4. The number of carboxylic acid groups (broad SMARTS) is 1. The van der Waals surface area contributed by atoms with Crippen molar-refractivity contribution < 1.29 is 24.1 Å². The molecule has 1 saturated heterocycles. The lowest BCUT2D eigenvalue weighted by atomic mass is 9.89. The third-order valence-electron chi connectivity index (χ3n) is 6.55. The van der Waals surface area contributed by atoms with Crippen molar-refractivity contribution in [3.8, 4) is 5.75 Å². The maximum absolute atomic E-state index is 14.6. The monoisotopic (exact) mass is 524 g/mol. The summed E-state index contributed by atoms with van der Waals surface area (Å²) in [6.45, 7) is 1.38. The smallest absolute Gasteiger partial charge is 0.341 e. The zero-order valence-corrected chi connectivity index (χ0v) is 20.7. The number of nitrogens with one attached hydrogen (secondary N) is 1. The van der Waals surface area contributed by atoms with E-state index in [0.717, 1.165) is 25.9 Å². The molecule has 0 saturated carbocycles. The number of aliphatic hydroxyl groups is 1. The largest absolute Gasteiger partial charge is 0.496 e. The number of carboxylic acids is 1. The fraction of sp³-hybridized carbons (Fsp3) is 0.360. The molecule has 1 atom stereocenters. The van der Waals surface area contributed by atoms with E-state index in [0.29, 0.717) is 22.4 Å². The molecule has 1 fully saturated rings. The van der Waals surface area contributed by atoms with Crippen LogP contribution in [0.15, 0.2) is 41.3 Å². The third kappa shape index (κ3) is 5.30. The van der Waals surface area contributed by atoms with Crippen LogP contribution in [0.4, 0.5) is 4.39 Å². The van der Waals surface area contributed by atoms with Crippen molar-refractivity contribution in [2.24, 2.45) is 5.92 Å². The number of halogens is 3. The highest BCUT2D eigenvalue weighted by Crippen LogP contribution is 2.33. The lowest BCUT2D eigenvalue weighted by Gasteiger charge is -2.32. The van der Waals surface area contributed by atoms with E-state index in [4.69, 9.17) is 16.3 Å². The van der Waals surface area contributed by atoms with Crippen molar-refractivity contribution in [2.75, 3.05) is 26.8 Å². The summed E-state index contributed by atoms with van der Waals surface area (Å²) in [5.74, 6) is -1.38. The quantitative estimate of drug-likeness (QED) is 0.431. The van der Waals surface area contributed by atoms with Gasteiger partial charge in [-0.25, -0.2) is 9.18 Å². The topological polar surface area (TPSA) is 101 Å². The lowest BCUT2D eigenvalue weighted by Crippen LogP contribution is -2.35. The number of hydrogen-bond donors (Lipinski definition) is 3. The average molecular weight is 525 g/mol. The molecule has 1 unspecified atom stereocenters. The second-order valence-corrected chi connectivity index (χ2v) is 8.90. The number of carbonyl (C=O) groups is 1. The van der Waals surface area contributed by atoms with Crippen LogP contribution in [-0.2, 0) is 6.42 Å². The van der Waals surface area contributed by atoms with Gasteiger partial charge in [0.2, 0.25) is 5.43 Å². The lowest BCUT2D eigenvalue weighted by molar-refractivity contribution is 0.0693. The fourth-order valence-electron chi connectivity index (χ4n) is 4.76. The van der Waals surface area contributed by atoms with Crippen LogP contribution in [0.5, 0.6) is 5.75 Å². The van der Waals surface area contributed by atoms with Crippen LogP contribution < -0.4 is 15.5 Å². The first-order valence-corrected chi connectivity index (χ1v) is 11.5. The summed E-state index contributed by atoms with van der Waals surface area (Å²) in [7, 11) is 1.48. The number of aliphatic hydroxyl groups excluding tert-OH is 1. The maximum Gasteiger partial charge on any atom is 0.341 e. The number of aromatic nitrogens is 1. The molecule has 188 valence electrons. The minimum atomic E-state index is -1.35. The minimum absolute atomic E-state index is 0. The number of pyridine rings is 1. The van der Waals surface area contributed by atoms with Gasteiger partial charge in [0.05, 0.1) is 30.3 Å². The Morgan fingerprint density at radius 1 is 1.29 bits per heavy atom. The zero-order valence-electron chi connectivity index (χ0n) is 19.1. The predicted octanol–water partition coefficient (Wildman–Crippen LogP) is 4.05. The zero-order chi connectivity index (χ0) is 24.4. The number of ether oxygens (including phenoxy) is 1. The molecule has 0 aliphatic carbocycles. The highest BCUT2D eigenvalue weighted by atomic mass is 35.5. The van der Waals surface area contributed by atoms with Crippen molar-refractivity contribution in [3.05, 3.63) is 74.3 Å². The number of nitrogens with zero attached hydrogens (tertiary/aromatic N) is 1. The summed E-state index contributed by atoms with van der Waals surface area (Å²) >= 11 is 5.92. The van der Waals surface area contributed by atoms with E-state index in [-0.39, 0.29) is 47.3 Å². The summed E-state index contributed by atoms with van der Waals surface area (Å²) in [4.78, 5) is 25.0. The van der Waals surface area contributed by atoms with E-state index in [9.17, 15) is 24.2 Å². The molecule has 2 aromatic carbocycles. The number of rotatable bonds is 7. The van der Waals surface area contributed by atoms with Crippen LogP contribution in [0.3, 0.4) is 0 Å². The van der Waals surface area contributed by atoms with E-state index < -0.39 is 23.3 Å². The van der Waals surface area contributed by atoms with Crippen molar-refractivity contribution in [1.29, 1.82) is 0 Å². The fourth-order valence-corrected chi connectivity index (χ4v) is 4.95. The van der Waals surface area contributed by atoms with Crippen LogP contribution in [0.1, 0.15) is 40.4 Å². The summed E-state index contributed by atoms with van der Waals surface area (Å²) in [6, 6.07) is 7.47. The Hall–Kier alpha value is -2.65. The summed E-state index contributed by atoms with van der Waals surface area (Å²) in [5.41, 5.74) is 0.272. The molecule has 3 N–H and O–H groups in total. The van der Waals surface area contributed by atoms with Gasteiger partial charge in [0.1, 0.15) is 17.1 Å². The average Bonchev–Trinajstić information content (AvgIpc) is 2.84. The SMILES string of the molecule is COc1cc2c(cc1Cc1cccc(Cl)c1F)c(=O)c(C(=O)O)cn2C(CO)C1CCNCC1.Cl. The van der Waals surface area contributed by atoms with Crippen molar-refractivity contribution in [2.45, 2.75) is 25.3 Å². The molecule has 1 aliphatic heterocycles. The first-order valence-electron chi connectivity index (χ1n) is 11.1. The Morgan fingerprint density at radius 2 is 2.00 bits per heavy atom. The van der Waals surface area contributed by atoms with Crippen LogP contribution in [0.2, 0.25) is 5.02 Å². The molecule has 35 heavy (non-hydrogen) atoms. The summed E-state index contributed by atoms with van der Waals surface area (Å²) < 4.78 is 21.8. The predicted molar refractivity (Wildman–Crippen MR) is 135 cm³/mol. The Labute approximate surface area is 212 Å². The van der Waals surface area contributed by atoms with E-state index in [2.05, 4.69) is 5.32 Å². The molecule has 1 aromatic heterocycles. The second-order valence-electron chi connectivity index (χ2n) is 8.49. The van der Waals surface area contributed by atoms with Gasteiger partial charge in [0, 0.05) is 24.1 Å². The molecule has 0 bridgehead atoms. The summed E-state index contributed by atoms with van der Waals surface area (Å²) in [6.07, 6.45) is 3.03. The van der Waals surface area contributed by atoms with Crippen LogP contribution in [-0.4, -0.2) is 47.6 Å². The van der Waals surface area contributed by atoms with E-state index in [1.807, 2.05) is 0 Å². The number of aromatic carboxylic acids is 1. The number of piperidine rings is 1. The van der Waals surface area contributed by atoms with Gasteiger partial charge in [0.25, 0.3) is 0 Å². The van der Waals surface area contributed by atoms with Crippen LogP contribution in [0, 0.1) is 11.7 Å². The standard InChI is InChI=1S/C25H26ClFN2O5.ClH/c1-34-22-11-20-17(10-16(22)9-15-3-2-4-19(26)23(15)27)24(31)18(25(32)33)12-29(20)21(13-30)14-5-7-28-8-6-14;/h2-4,10-12,14,21,28,30H,5-9,13H2,1H3,(H,32,33);1H.